The zero-order valence-corrected chi connectivity index (χ0v) is 19.1. The van der Waals surface area contributed by atoms with E-state index in [1.54, 1.807) is 6.92 Å². The molecule has 0 aromatic carbocycles. The van der Waals surface area contributed by atoms with E-state index in [9.17, 15) is 28.8 Å². The molecule has 4 bridgehead atoms. The number of hydrogen-bond acceptors (Lipinski definition) is 11. The fraction of sp³-hybridized carbons (Fsp3) is 0.652. The SMILES string of the molecule is C=C(C=O)C1CC(=O)C(C(=O)OC)[C@@H]2O[C@@](C)(CC2=O)C[C@@H]2OC(=O)[C@]3(O[C@@H]23)[C@@H](C(=O)OC)C1. The zero-order chi connectivity index (χ0) is 25.0. The summed E-state index contributed by atoms with van der Waals surface area (Å²) in [6, 6.07) is 0. The standard InChI is InChI=1S/C23H26O11/c1-10(9-24)11-5-12(19(27)30-3)23-18(34-23)15(32-21(23)29)8-22(2)7-14(26)17(33-22)16(13(25)6-11)20(28)31-4/h9,11-12,15-18H,1,5-8H2,2-4H3/t11?,12-,15+,16?,17-,18+,22+,23+/m1/s1. The van der Waals surface area contributed by atoms with E-state index in [4.69, 9.17) is 23.7 Å². The van der Waals surface area contributed by atoms with Crippen molar-refractivity contribution in [2.45, 2.75) is 62.1 Å². The minimum atomic E-state index is -1.63. The molecule has 34 heavy (non-hydrogen) atoms. The molecule has 4 saturated heterocycles. The molecule has 0 spiro atoms. The lowest BCUT2D eigenvalue weighted by Crippen LogP contribution is -2.43. The Morgan fingerprint density at radius 3 is 2.35 bits per heavy atom. The van der Waals surface area contributed by atoms with Crippen molar-refractivity contribution in [1.29, 1.82) is 0 Å². The van der Waals surface area contributed by atoms with Crippen LogP contribution in [0.1, 0.15) is 32.6 Å². The van der Waals surface area contributed by atoms with Gasteiger partial charge in [-0.15, -0.1) is 0 Å². The largest absolute Gasteiger partial charge is 0.469 e. The number of fused-ring (bicyclic) bond motifs is 2. The summed E-state index contributed by atoms with van der Waals surface area (Å²) in [6.07, 6.45) is -3.27. The monoisotopic (exact) mass is 478 g/mol. The van der Waals surface area contributed by atoms with E-state index in [0.29, 0.717) is 6.29 Å². The van der Waals surface area contributed by atoms with Crippen LogP contribution >= 0.6 is 0 Å². The maximum Gasteiger partial charge on any atom is 0.342 e. The quantitative estimate of drug-likeness (QED) is 0.133. The van der Waals surface area contributed by atoms with E-state index in [1.165, 1.54) is 0 Å². The molecule has 0 amide bonds. The van der Waals surface area contributed by atoms with Crippen molar-refractivity contribution >= 4 is 35.8 Å². The predicted molar refractivity (Wildman–Crippen MR) is 109 cm³/mol. The lowest BCUT2D eigenvalue weighted by Gasteiger charge is -2.29. The molecule has 2 unspecified atom stereocenters. The van der Waals surface area contributed by atoms with Crippen LogP contribution in [0.5, 0.6) is 0 Å². The number of methoxy groups -OCH3 is 2. The molecule has 0 aromatic rings. The van der Waals surface area contributed by atoms with E-state index in [1.807, 2.05) is 0 Å². The molecule has 0 aliphatic carbocycles. The van der Waals surface area contributed by atoms with Crippen LogP contribution in [0, 0.1) is 17.8 Å². The average Bonchev–Trinajstić information content (AvgIpc) is 3.41. The Kier molecular flexibility index (Phi) is 5.97. The molecule has 4 aliphatic heterocycles. The average molecular weight is 478 g/mol. The van der Waals surface area contributed by atoms with Crippen LogP contribution in [0.2, 0.25) is 0 Å². The van der Waals surface area contributed by atoms with Gasteiger partial charge in [0.05, 0.1) is 19.8 Å². The summed E-state index contributed by atoms with van der Waals surface area (Å²) in [6.45, 7) is 5.29. The highest BCUT2D eigenvalue weighted by Gasteiger charge is 2.78. The van der Waals surface area contributed by atoms with E-state index in [-0.39, 0.29) is 24.8 Å². The van der Waals surface area contributed by atoms with E-state index in [2.05, 4.69) is 6.58 Å². The van der Waals surface area contributed by atoms with Crippen LogP contribution in [0.15, 0.2) is 12.2 Å². The summed E-state index contributed by atoms with van der Waals surface area (Å²) in [5, 5.41) is 0. The third-order valence-corrected chi connectivity index (χ3v) is 7.26. The van der Waals surface area contributed by atoms with Crippen LogP contribution in [-0.2, 0) is 52.5 Å². The smallest absolute Gasteiger partial charge is 0.342 e. The van der Waals surface area contributed by atoms with E-state index < -0.39 is 83.2 Å². The lowest BCUT2D eigenvalue weighted by molar-refractivity contribution is -0.168. The highest BCUT2D eigenvalue weighted by atomic mass is 16.7. The molecule has 11 heteroatoms. The lowest BCUT2D eigenvalue weighted by atomic mass is 9.76. The van der Waals surface area contributed by atoms with Crippen molar-refractivity contribution in [2.75, 3.05) is 14.2 Å². The van der Waals surface area contributed by atoms with Crippen LogP contribution in [0.25, 0.3) is 0 Å². The first-order chi connectivity index (χ1) is 16.0. The van der Waals surface area contributed by atoms with Crippen molar-refractivity contribution in [1.82, 2.24) is 0 Å². The van der Waals surface area contributed by atoms with Gasteiger partial charge in [-0.05, 0) is 24.8 Å². The Balaban J connectivity index is 1.80. The van der Waals surface area contributed by atoms with Crippen molar-refractivity contribution in [3.05, 3.63) is 12.2 Å². The van der Waals surface area contributed by atoms with Gasteiger partial charge in [-0.1, -0.05) is 6.58 Å². The molecule has 4 aliphatic rings. The summed E-state index contributed by atoms with van der Waals surface area (Å²) in [5.41, 5.74) is -2.81. The predicted octanol–water partition coefficient (Wildman–Crippen LogP) is -0.131. The van der Waals surface area contributed by atoms with Crippen molar-refractivity contribution in [3.8, 4) is 0 Å². The minimum Gasteiger partial charge on any atom is -0.469 e. The van der Waals surface area contributed by atoms with Crippen molar-refractivity contribution < 1.29 is 52.5 Å². The number of carbonyl (C=O) groups is 6. The molecule has 11 nitrogen and oxygen atoms in total. The van der Waals surface area contributed by atoms with Gasteiger partial charge in [-0.25, -0.2) is 4.79 Å². The van der Waals surface area contributed by atoms with Crippen LogP contribution < -0.4 is 0 Å². The highest BCUT2D eigenvalue weighted by molar-refractivity contribution is 6.05. The molecule has 184 valence electrons. The zero-order valence-electron chi connectivity index (χ0n) is 19.1. The fourth-order valence-electron chi connectivity index (χ4n) is 5.49. The van der Waals surface area contributed by atoms with E-state index >= 15 is 0 Å². The van der Waals surface area contributed by atoms with Gasteiger partial charge in [0.25, 0.3) is 0 Å². The van der Waals surface area contributed by atoms with Gasteiger partial charge in [-0.2, -0.15) is 0 Å². The summed E-state index contributed by atoms with van der Waals surface area (Å²) in [7, 11) is 2.24. The van der Waals surface area contributed by atoms with Gasteiger partial charge >= 0.3 is 17.9 Å². The molecule has 4 fully saturated rings. The molecule has 8 atom stereocenters. The summed E-state index contributed by atoms with van der Waals surface area (Å²) in [4.78, 5) is 76.0. The Hall–Kier alpha value is -2.92. The minimum absolute atomic E-state index is 0.0271. The summed E-state index contributed by atoms with van der Waals surface area (Å²) in [5.74, 6) is -7.32. The third kappa shape index (κ3) is 3.67. The Morgan fingerprint density at radius 2 is 1.76 bits per heavy atom. The number of hydrogen-bond donors (Lipinski definition) is 0. The fourth-order valence-corrected chi connectivity index (χ4v) is 5.49. The van der Waals surface area contributed by atoms with Gasteiger partial charge in [0.1, 0.15) is 36.4 Å². The van der Waals surface area contributed by atoms with Crippen LogP contribution in [-0.4, -0.2) is 79.5 Å². The molecule has 0 N–H and O–H groups in total. The molecule has 0 aromatic heterocycles. The Morgan fingerprint density at radius 1 is 1.09 bits per heavy atom. The normalized spacial score (nSPS) is 41.2. The summed E-state index contributed by atoms with van der Waals surface area (Å²) >= 11 is 0. The van der Waals surface area contributed by atoms with Gasteiger partial charge in [0.2, 0.25) is 5.60 Å². The topological polar surface area (TPSA) is 152 Å². The Labute approximate surface area is 195 Å². The molecule has 0 radical (unpaired) electrons. The second-order valence-corrected chi connectivity index (χ2v) is 9.48. The van der Waals surface area contributed by atoms with Gasteiger partial charge in [0.15, 0.2) is 11.6 Å². The number of aldehydes is 1. The number of ketones is 2. The van der Waals surface area contributed by atoms with Gasteiger partial charge < -0.3 is 23.7 Å². The number of Topliss-reactive ketones (excluding diaryl/α,β-unsaturated/α-hetero) is 2. The molecular weight excluding hydrogens is 452 g/mol. The van der Waals surface area contributed by atoms with Crippen molar-refractivity contribution in [3.63, 3.8) is 0 Å². The molecule has 4 rings (SSSR count). The van der Waals surface area contributed by atoms with Gasteiger partial charge in [0, 0.05) is 19.3 Å². The molecular formula is C23H26O11. The van der Waals surface area contributed by atoms with Crippen LogP contribution in [0.4, 0.5) is 0 Å². The number of epoxide rings is 1. The van der Waals surface area contributed by atoms with Crippen molar-refractivity contribution in [2.24, 2.45) is 17.8 Å². The second-order valence-electron chi connectivity index (χ2n) is 9.48. The Bertz CT molecular complexity index is 985. The summed E-state index contributed by atoms with van der Waals surface area (Å²) < 4.78 is 26.9. The first-order valence-electron chi connectivity index (χ1n) is 10.9. The number of rotatable bonds is 4. The maximum atomic E-state index is 13.3. The molecule has 4 heterocycles. The first kappa shape index (κ1) is 24.2. The number of esters is 3. The maximum absolute atomic E-state index is 13.3. The second kappa shape index (κ2) is 8.38. The van der Waals surface area contributed by atoms with Crippen LogP contribution in [0.3, 0.4) is 0 Å². The third-order valence-electron chi connectivity index (χ3n) is 7.26. The highest BCUT2D eigenvalue weighted by Crippen LogP contribution is 2.56. The first-order valence-corrected chi connectivity index (χ1v) is 10.9. The van der Waals surface area contributed by atoms with E-state index in [0.717, 1.165) is 14.2 Å². The molecule has 0 saturated carbocycles. The van der Waals surface area contributed by atoms with Gasteiger partial charge in [-0.3, -0.25) is 24.0 Å². The number of carbonyl (C=O) groups excluding carboxylic acids is 6. The number of allylic oxidation sites excluding steroid dienone is 1. The number of ether oxygens (including phenoxy) is 5.